The van der Waals surface area contributed by atoms with Gasteiger partial charge in [-0.25, -0.2) is 0 Å². The van der Waals surface area contributed by atoms with Crippen LogP contribution in [0.15, 0.2) is 55.1 Å². The predicted octanol–water partition coefficient (Wildman–Crippen LogP) is 3.24. The summed E-state index contributed by atoms with van der Waals surface area (Å²) in [5.74, 6) is 0.900. The minimum atomic E-state index is 0.524. The van der Waals surface area contributed by atoms with Crippen LogP contribution < -0.4 is 10.1 Å². The van der Waals surface area contributed by atoms with Crippen LogP contribution in [0.3, 0.4) is 0 Å². The van der Waals surface area contributed by atoms with Crippen molar-refractivity contribution in [2.75, 3.05) is 6.61 Å². The molecule has 1 N–H and O–H groups in total. The number of ether oxygens (including phenoxy) is 1. The summed E-state index contributed by atoms with van der Waals surface area (Å²) in [7, 11) is 0. The molecule has 0 aliphatic rings. The SMILES string of the molecule is C=CCOc1ccccc1CNCc1cccc(C)n1. The molecule has 2 rings (SSSR count). The van der Waals surface area contributed by atoms with E-state index >= 15 is 0 Å². The molecule has 0 spiro atoms. The first-order valence-electron chi connectivity index (χ1n) is 6.74. The Morgan fingerprint density at radius 2 is 2.00 bits per heavy atom. The second kappa shape index (κ2) is 7.46. The molecule has 104 valence electrons. The van der Waals surface area contributed by atoms with Gasteiger partial charge in [0.1, 0.15) is 12.4 Å². The number of rotatable bonds is 7. The smallest absolute Gasteiger partial charge is 0.124 e. The summed E-state index contributed by atoms with van der Waals surface area (Å²) in [5.41, 5.74) is 3.23. The molecule has 0 saturated carbocycles. The van der Waals surface area contributed by atoms with Crippen LogP contribution in [-0.2, 0) is 13.1 Å². The van der Waals surface area contributed by atoms with Crippen LogP contribution in [-0.4, -0.2) is 11.6 Å². The predicted molar refractivity (Wildman–Crippen MR) is 81.7 cm³/mol. The van der Waals surface area contributed by atoms with Gasteiger partial charge in [-0.3, -0.25) is 4.98 Å². The minimum Gasteiger partial charge on any atom is -0.489 e. The van der Waals surface area contributed by atoms with Crippen molar-refractivity contribution in [2.24, 2.45) is 0 Å². The van der Waals surface area contributed by atoms with Crippen LogP contribution in [0.1, 0.15) is 17.0 Å². The molecule has 3 heteroatoms. The van der Waals surface area contributed by atoms with Crippen LogP contribution in [0.4, 0.5) is 0 Å². The maximum Gasteiger partial charge on any atom is 0.124 e. The van der Waals surface area contributed by atoms with E-state index in [-0.39, 0.29) is 0 Å². The van der Waals surface area contributed by atoms with E-state index in [1.54, 1.807) is 6.08 Å². The van der Waals surface area contributed by atoms with E-state index in [0.29, 0.717) is 6.61 Å². The Labute approximate surface area is 120 Å². The first-order valence-corrected chi connectivity index (χ1v) is 6.74. The highest BCUT2D eigenvalue weighted by molar-refractivity contribution is 5.33. The zero-order valence-corrected chi connectivity index (χ0v) is 11.8. The van der Waals surface area contributed by atoms with Gasteiger partial charge in [0.05, 0.1) is 5.69 Å². The van der Waals surface area contributed by atoms with Crippen LogP contribution >= 0.6 is 0 Å². The molecule has 1 heterocycles. The average molecular weight is 268 g/mol. The fourth-order valence-corrected chi connectivity index (χ4v) is 1.96. The molecule has 0 bridgehead atoms. The molecule has 0 saturated heterocycles. The standard InChI is InChI=1S/C17H20N2O/c1-3-11-20-17-10-5-4-8-15(17)12-18-13-16-9-6-7-14(2)19-16/h3-10,18H,1,11-13H2,2H3. The second-order valence-corrected chi connectivity index (χ2v) is 4.58. The quantitative estimate of drug-likeness (QED) is 0.783. The first-order chi connectivity index (χ1) is 9.79. The van der Waals surface area contributed by atoms with Crippen LogP contribution in [0.25, 0.3) is 0 Å². The Bertz CT molecular complexity index is 566. The van der Waals surface area contributed by atoms with E-state index < -0.39 is 0 Å². The van der Waals surface area contributed by atoms with E-state index in [1.807, 2.05) is 43.3 Å². The van der Waals surface area contributed by atoms with Gasteiger partial charge in [0, 0.05) is 24.3 Å². The number of benzene rings is 1. The lowest BCUT2D eigenvalue weighted by Gasteiger charge is -2.11. The van der Waals surface area contributed by atoms with E-state index in [1.165, 1.54) is 0 Å². The molecule has 2 aromatic rings. The number of nitrogens with one attached hydrogen (secondary N) is 1. The third-order valence-corrected chi connectivity index (χ3v) is 2.90. The van der Waals surface area contributed by atoms with E-state index in [0.717, 1.165) is 35.8 Å². The molecule has 0 fully saturated rings. The topological polar surface area (TPSA) is 34.1 Å². The molecule has 3 nitrogen and oxygen atoms in total. The number of aryl methyl sites for hydroxylation is 1. The Kier molecular flexibility index (Phi) is 5.33. The lowest BCUT2D eigenvalue weighted by molar-refractivity contribution is 0.358. The van der Waals surface area contributed by atoms with Crippen LogP contribution in [0.5, 0.6) is 5.75 Å². The average Bonchev–Trinajstić information content (AvgIpc) is 2.46. The maximum absolute atomic E-state index is 5.63. The number of pyridine rings is 1. The molecular formula is C17H20N2O. The molecule has 0 unspecified atom stereocenters. The van der Waals surface area contributed by atoms with Crippen molar-refractivity contribution in [1.29, 1.82) is 0 Å². The van der Waals surface area contributed by atoms with Crippen molar-refractivity contribution < 1.29 is 4.74 Å². The molecule has 0 amide bonds. The Balaban J connectivity index is 1.92. The van der Waals surface area contributed by atoms with Gasteiger partial charge in [0.15, 0.2) is 0 Å². The third-order valence-electron chi connectivity index (χ3n) is 2.90. The normalized spacial score (nSPS) is 10.2. The Hall–Kier alpha value is -2.13. The third kappa shape index (κ3) is 4.21. The largest absolute Gasteiger partial charge is 0.489 e. The summed E-state index contributed by atoms with van der Waals surface area (Å²) in [5, 5.41) is 3.39. The van der Waals surface area contributed by atoms with Gasteiger partial charge < -0.3 is 10.1 Å². The fraction of sp³-hybridized carbons (Fsp3) is 0.235. The molecule has 0 aliphatic carbocycles. The zero-order valence-electron chi connectivity index (χ0n) is 11.8. The van der Waals surface area contributed by atoms with Gasteiger partial charge in [0.2, 0.25) is 0 Å². The number of para-hydroxylation sites is 1. The summed E-state index contributed by atoms with van der Waals surface area (Å²) < 4.78 is 5.63. The molecule has 1 aromatic carbocycles. The van der Waals surface area contributed by atoms with Gasteiger partial charge in [-0.1, -0.05) is 36.9 Å². The van der Waals surface area contributed by atoms with Gasteiger partial charge in [-0.15, -0.1) is 0 Å². The van der Waals surface area contributed by atoms with E-state index in [4.69, 9.17) is 4.74 Å². The van der Waals surface area contributed by atoms with Gasteiger partial charge in [-0.2, -0.15) is 0 Å². The van der Waals surface area contributed by atoms with Crippen LogP contribution in [0.2, 0.25) is 0 Å². The Morgan fingerprint density at radius 3 is 2.80 bits per heavy atom. The van der Waals surface area contributed by atoms with Crippen LogP contribution in [0, 0.1) is 6.92 Å². The Morgan fingerprint density at radius 1 is 1.15 bits per heavy atom. The first kappa shape index (κ1) is 14.3. The number of nitrogens with zero attached hydrogens (tertiary/aromatic N) is 1. The number of hydrogen-bond acceptors (Lipinski definition) is 3. The zero-order chi connectivity index (χ0) is 14.2. The maximum atomic E-state index is 5.63. The van der Waals surface area contributed by atoms with Crippen molar-refractivity contribution in [3.8, 4) is 5.75 Å². The fourth-order valence-electron chi connectivity index (χ4n) is 1.96. The van der Waals surface area contributed by atoms with Crippen molar-refractivity contribution in [3.05, 3.63) is 72.1 Å². The highest BCUT2D eigenvalue weighted by Gasteiger charge is 2.02. The van der Waals surface area contributed by atoms with Crippen molar-refractivity contribution >= 4 is 0 Å². The molecule has 0 aliphatic heterocycles. The van der Waals surface area contributed by atoms with E-state index in [2.05, 4.69) is 22.9 Å². The monoisotopic (exact) mass is 268 g/mol. The van der Waals surface area contributed by atoms with Gasteiger partial charge in [-0.05, 0) is 25.1 Å². The summed E-state index contributed by atoms with van der Waals surface area (Å²) in [6.07, 6.45) is 1.75. The molecule has 0 atom stereocenters. The van der Waals surface area contributed by atoms with Crippen molar-refractivity contribution in [2.45, 2.75) is 20.0 Å². The van der Waals surface area contributed by atoms with Crippen molar-refractivity contribution in [1.82, 2.24) is 10.3 Å². The second-order valence-electron chi connectivity index (χ2n) is 4.58. The highest BCUT2D eigenvalue weighted by atomic mass is 16.5. The number of aromatic nitrogens is 1. The summed E-state index contributed by atoms with van der Waals surface area (Å²) in [6, 6.07) is 14.1. The number of hydrogen-bond donors (Lipinski definition) is 1. The molecular weight excluding hydrogens is 248 g/mol. The lowest BCUT2D eigenvalue weighted by Crippen LogP contribution is -2.14. The van der Waals surface area contributed by atoms with Gasteiger partial charge >= 0.3 is 0 Å². The molecule has 0 radical (unpaired) electrons. The lowest BCUT2D eigenvalue weighted by atomic mass is 10.2. The minimum absolute atomic E-state index is 0.524. The highest BCUT2D eigenvalue weighted by Crippen LogP contribution is 2.17. The summed E-state index contributed by atoms with van der Waals surface area (Å²) >= 11 is 0. The molecule has 1 aromatic heterocycles. The summed E-state index contributed by atoms with van der Waals surface area (Å²) in [4.78, 5) is 4.47. The van der Waals surface area contributed by atoms with Crippen molar-refractivity contribution in [3.63, 3.8) is 0 Å². The molecule has 20 heavy (non-hydrogen) atoms. The summed E-state index contributed by atoms with van der Waals surface area (Å²) in [6.45, 7) is 7.69. The van der Waals surface area contributed by atoms with Gasteiger partial charge in [0.25, 0.3) is 0 Å². The van der Waals surface area contributed by atoms with E-state index in [9.17, 15) is 0 Å².